The Balaban J connectivity index is 1.72. The highest BCUT2D eigenvalue weighted by atomic mass is 16.5. The van der Waals surface area contributed by atoms with Crippen molar-refractivity contribution in [3.63, 3.8) is 0 Å². The van der Waals surface area contributed by atoms with Gasteiger partial charge in [0.25, 0.3) is 5.91 Å². The Morgan fingerprint density at radius 3 is 2.74 bits per heavy atom. The number of nitrogens with one attached hydrogen (secondary N) is 2. The zero-order chi connectivity index (χ0) is 19.6. The van der Waals surface area contributed by atoms with E-state index in [0.717, 1.165) is 37.5 Å². The van der Waals surface area contributed by atoms with E-state index in [1.165, 1.54) is 6.42 Å². The molecule has 0 saturated carbocycles. The van der Waals surface area contributed by atoms with Crippen molar-refractivity contribution >= 4 is 11.9 Å². The third-order valence-corrected chi connectivity index (χ3v) is 4.80. The molecule has 8 nitrogen and oxygen atoms in total. The highest BCUT2D eigenvalue weighted by Crippen LogP contribution is 2.20. The molecule has 0 spiro atoms. The molecule has 0 atom stereocenters. The SMILES string of the molecule is Cc1[nH]c(C(=O)NCc2nnc3n2CCCCC3)c(C)c1C(=O)OC(C)C. The summed E-state index contributed by atoms with van der Waals surface area (Å²) in [4.78, 5) is 27.9. The summed E-state index contributed by atoms with van der Waals surface area (Å²) in [6, 6.07) is 0. The highest BCUT2D eigenvalue weighted by Gasteiger charge is 2.24. The molecule has 0 aliphatic carbocycles. The third-order valence-electron chi connectivity index (χ3n) is 4.80. The molecule has 0 fully saturated rings. The first-order chi connectivity index (χ1) is 12.9. The van der Waals surface area contributed by atoms with Gasteiger partial charge in [-0.3, -0.25) is 4.79 Å². The van der Waals surface area contributed by atoms with Crippen LogP contribution in [0.15, 0.2) is 0 Å². The van der Waals surface area contributed by atoms with Crippen molar-refractivity contribution in [3.8, 4) is 0 Å². The van der Waals surface area contributed by atoms with Crippen molar-refractivity contribution in [1.82, 2.24) is 25.1 Å². The Hall–Kier alpha value is -2.64. The van der Waals surface area contributed by atoms with E-state index in [0.29, 0.717) is 29.1 Å². The van der Waals surface area contributed by atoms with E-state index in [2.05, 4.69) is 25.1 Å². The summed E-state index contributed by atoms with van der Waals surface area (Å²) in [5, 5.41) is 11.4. The summed E-state index contributed by atoms with van der Waals surface area (Å²) in [6.07, 6.45) is 4.12. The maximum atomic E-state index is 12.7. The van der Waals surface area contributed by atoms with Crippen LogP contribution < -0.4 is 5.32 Å². The van der Waals surface area contributed by atoms with Crippen LogP contribution in [0, 0.1) is 13.8 Å². The fourth-order valence-corrected chi connectivity index (χ4v) is 3.48. The lowest BCUT2D eigenvalue weighted by atomic mass is 10.1. The molecule has 8 heteroatoms. The summed E-state index contributed by atoms with van der Waals surface area (Å²) in [7, 11) is 0. The molecule has 2 N–H and O–H groups in total. The van der Waals surface area contributed by atoms with Crippen molar-refractivity contribution in [3.05, 3.63) is 34.2 Å². The summed E-state index contributed by atoms with van der Waals surface area (Å²) >= 11 is 0. The number of aromatic amines is 1. The molecular formula is C19H27N5O3. The molecule has 0 saturated heterocycles. The second-order valence-electron chi connectivity index (χ2n) is 7.26. The number of H-pyrrole nitrogens is 1. The molecule has 27 heavy (non-hydrogen) atoms. The molecule has 0 aromatic carbocycles. The Kier molecular flexibility index (Phi) is 5.62. The number of aryl methyl sites for hydroxylation is 2. The molecule has 3 rings (SSSR count). The Morgan fingerprint density at radius 2 is 2.00 bits per heavy atom. The normalized spacial score (nSPS) is 14.0. The van der Waals surface area contributed by atoms with E-state index in [1.54, 1.807) is 27.7 Å². The van der Waals surface area contributed by atoms with Gasteiger partial charge in [-0.25, -0.2) is 4.79 Å². The van der Waals surface area contributed by atoms with E-state index in [9.17, 15) is 9.59 Å². The fourth-order valence-electron chi connectivity index (χ4n) is 3.48. The first-order valence-corrected chi connectivity index (χ1v) is 9.47. The molecule has 0 bridgehead atoms. The average Bonchev–Trinajstić information content (AvgIpc) is 3.02. The van der Waals surface area contributed by atoms with E-state index in [-0.39, 0.29) is 12.0 Å². The number of aromatic nitrogens is 4. The van der Waals surface area contributed by atoms with Gasteiger partial charge >= 0.3 is 5.97 Å². The molecule has 3 heterocycles. The standard InChI is InChI=1S/C19H27N5O3/c1-11(2)27-19(26)16-12(3)17(21-13(16)4)18(25)20-10-15-23-22-14-8-6-5-7-9-24(14)15/h11,21H,5-10H2,1-4H3,(H,20,25). The summed E-state index contributed by atoms with van der Waals surface area (Å²) in [6.45, 7) is 8.29. The third kappa shape index (κ3) is 4.04. The van der Waals surface area contributed by atoms with Crippen LogP contribution in [0.25, 0.3) is 0 Å². The monoisotopic (exact) mass is 373 g/mol. The van der Waals surface area contributed by atoms with E-state index in [1.807, 2.05) is 0 Å². The lowest BCUT2D eigenvalue weighted by Crippen LogP contribution is -2.26. The van der Waals surface area contributed by atoms with Crippen molar-refractivity contribution < 1.29 is 14.3 Å². The number of ether oxygens (including phenoxy) is 1. The summed E-state index contributed by atoms with van der Waals surface area (Å²) in [5.74, 6) is 1.06. The number of amides is 1. The molecule has 1 aliphatic rings. The number of carbonyl (C=O) groups excluding carboxylic acids is 2. The summed E-state index contributed by atoms with van der Waals surface area (Å²) in [5.41, 5.74) is 2.01. The van der Waals surface area contributed by atoms with Gasteiger partial charge in [0.2, 0.25) is 0 Å². The van der Waals surface area contributed by atoms with Gasteiger partial charge in [0.15, 0.2) is 5.82 Å². The lowest BCUT2D eigenvalue weighted by molar-refractivity contribution is 0.0376. The molecule has 2 aromatic heterocycles. The first kappa shape index (κ1) is 19.1. The predicted molar refractivity (Wildman–Crippen MR) is 99.6 cm³/mol. The zero-order valence-corrected chi connectivity index (χ0v) is 16.4. The van der Waals surface area contributed by atoms with Crippen LogP contribution in [0.2, 0.25) is 0 Å². The van der Waals surface area contributed by atoms with Crippen molar-refractivity contribution in [1.29, 1.82) is 0 Å². The lowest BCUT2D eigenvalue weighted by Gasteiger charge is -2.09. The van der Waals surface area contributed by atoms with Gasteiger partial charge in [-0.2, -0.15) is 0 Å². The molecule has 1 aliphatic heterocycles. The van der Waals surface area contributed by atoms with Gasteiger partial charge in [0.05, 0.1) is 18.2 Å². The van der Waals surface area contributed by atoms with Gasteiger partial charge in [-0.1, -0.05) is 6.42 Å². The minimum atomic E-state index is -0.418. The largest absolute Gasteiger partial charge is 0.459 e. The maximum absolute atomic E-state index is 12.7. The van der Waals surface area contributed by atoms with Crippen LogP contribution in [0.4, 0.5) is 0 Å². The van der Waals surface area contributed by atoms with Gasteiger partial charge in [-0.05, 0) is 46.1 Å². The van der Waals surface area contributed by atoms with Crippen molar-refractivity contribution in [2.45, 2.75) is 72.6 Å². The van der Waals surface area contributed by atoms with Crippen LogP contribution in [0.1, 0.15) is 76.9 Å². The van der Waals surface area contributed by atoms with E-state index < -0.39 is 5.97 Å². The fraction of sp³-hybridized carbons (Fsp3) is 0.579. The Morgan fingerprint density at radius 1 is 1.22 bits per heavy atom. The molecule has 2 aromatic rings. The van der Waals surface area contributed by atoms with Gasteiger partial charge < -0.3 is 19.6 Å². The molecule has 0 unspecified atom stereocenters. The second kappa shape index (κ2) is 7.94. The van der Waals surface area contributed by atoms with Crippen LogP contribution in [-0.4, -0.2) is 37.7 Å². The zero-order valence-electron chi connectivity index (χ0n) is 16.4. The van der Waals surface area contributed by atoms with Crippen molar-refractivity contribution in [2.75, 3.05) is 0 Å². The minimum absolute atomic E-state index is 0.216. The summed E-state index contributed by atoms with van der Waals surface area (Å²) < 4.78 is 7.37. The van der Waals surface area contributed by atoms with Gasteiger partial charge in [0, 0.05) is 18.7 Å². The average molecular weight is 373 g/mol. The molecule has 1 amide bonds. The van der Waals surface area contributed by atoms with E-state index in [4.69, 9.17) is 4.74 Å². The molecule has 146 valence electrons. The van der Waals surface area contributed by atoms with Crippen LogP contribution in [0.3, 0.4) is 0 Å². The molecular weight excluding hydrogens is 346 g/mol. The Labute approximate surface area is 158 Å². The topological polar surface area (TPSA) is 102 Å². The quantitative estimate of drug-likeness (QED) is 0.784. The number of carbonyl (C=O) groups is 2. The number of esters is 1. The number of nitrogens with zero attached hydrogens (tertiary/aromatic N) is 3. The van der Waals surface area contributed by atoms with Gasteiger partial charge in [-0.15, -0.1) is 10.2 Å². The van der Waals surface area contributed by atoms with Gasteiger partial charge in [0.1, 0.15) is 11.5 Å². The van der Waals surface area contributed by atoms with Crippen LogP contribution in [0.5, 0.6) is 0 Å². The highest BCUT2D eigenvalue weighted by molar-refractivity contribution is 6.00. The second-order valence-corrected chi connectivity index (χ2v) is 7.26. The van der Waals surface area contributed by atoms with Crippen molar-refractivity contribution in [2.24, 2.45) is 0 Å². The molecule has 0 radical (unpaired) electrons. The number of fused-ring (bicyclic) bond motifs is 1. The number of hydrogen-bond acceptors (Lipinski definition) is 5. The van der Waals surface area contributed by atoms with Crippen LogP contribution in [-0.2, 0) is 24.2 Å². The number of rotatable bonds is 5. The first-order valence-electron chi connectivity index (χ1n) is 9.47. The maximum Gasteiger partial charge on any atom is 0.340 e. The predicted octanol–water partition coefficient (Wildman–Crippen LogP) is 2.44. The van der Waals surface area contributed by atoms with Crippen LogP contribution >= 0.6 is 0 Å². The van der Waals surface area contributed by atoms with E-state index >= 15 is 0 Å². The Bertz CT molecular complexity index is 850. The minimum Gasteiger partial charge on any atom is -0.459 e. The smallest absolute Gasteiger partial charge is 0.340 e. The number of hydrogen-bond donors (Lipinski definition) is 2.